The zero-order valence-electron chi connectivity index (χ0n) is 13.7. The van der Waals surface area contributed by atoms with Gasteiger partial charge in [0.2, 0.25) is 5.91 Å². The third-order valence-corrected chi connectivity index (χ3v) is 4.01. The van der Waals surface area contributed by atoms with Crippen molar-refractivity contribution in [2.75, 3.05) is 58.4 Å². The number of benzene rings is 1. The lowest BCUT2D eigenvalue weighted by molar-refractivity contribution is -0.116. The van der Waals surface area contributed by atoms with Crippen LogP contribution in [0.1, 0.15) is 5.56 Å². The van der Waals surface area contributed by atoms with E-state index in [1.807, 2.05) is 37.2 Å². The van der Waals surface area contributed by atoms with E-state index in [9.17, 15) is 4.79 Å². The Hall–Kier alpha value is -1.56. The van der Waals surface area contributed by atoms with Gasteiger partial charge in [0.15, 0.2) is 0 Å². The average Bonchev–Trinajstić information content (AvgIpc) is 2.53. The van der Waals surface area contributed by atoms with Gasteiger partial charge in [-0.15, -0.1) is 0 Å². The molecular formula is C17H24ClN3O2. The fourth-order valence-electron chi connectivity index (χ4n) is 2.38. The van der Waals surface area contributed by atoms with Crippen LogP contribution in [0, 0.1) is 0 Å². The van der Waals surface area contributed by atoms with Gasteiger partial charge in [-0.3, -0.25) is 9.69 Å². The molecule has 0 saturated carbocycles. The van der Waals surface area contributed by atoms with Crippen LogP contribution in [0.2, 0.25) is 5.02 Å². The Morgan fingerprint density at radius 1 is 1.39 bits per heavy atom. The van der Waals surface area contributed by atoms with E-state index in [-0.39, 0.29) is 5.91 Å². The molecule has 1 aliphatic heterocycles. The molecule has 0 unspecified atom stereocenters. The van der Waals surface area contributed by atoms with Crippen LogP contribution < -0.4 is 10.2 Å². The first kappa shape index (κ1) is 17.8. The molecule has 0 aliphatic carbocycles. The second-order valence-corrected chi connectivity index (χ2v) is 6.09. The molecule has 23 heavy (non-hydrogen) atoms. The SMILES string of the molecule is CN(C)c1ccc(/C=C/C(=O)NCCN2CCOCC2)cc1Cl. The molecule has 1 saturated heterocycles. The topological polar surface area (TPSA) is 44.8 Å². The number of amides is 1. The Morgan fingerprint density at radius 2 is 2.13 bits per heavy atom. The summed E-state index contributed by atoms with van der Waals surface area (Å²) < 4.78 is 5.29. The minimum Gasteiger partial charge on any atom is -0.379 e. The third-order valence-electron chi connectivity index (χ3n) is 3.71. The summed E-state index contributed by atoms with van der Waals surface area (Å²) in [5, 5.41) is 3.57. The Balaban J connectivity index is 1.77. The van der Waals surface area contributed by atoms with Crippen LogP contribution in [0.3, 0.4) is 0 Å². The highest BCUT2D eigenvalue weighted by Gasteiger charge is 2.09. The van der Waals surface area contributed by atoms with E-state index in [2.05, 4.69) is 10.2 Å². The predicted octanol–water partition coefficient (Wildman–Crippen LogP) is 1.87. The fourth-order valence-corrected chi connectivity index (χ4v) is 2.74. The number of anilines is 1. The summed E-state index contributed by atoms with van der Waals surface area (Å²) in [5.41, 5.74) is 1.86. The van der Waals surface area contributed by atoms with Gasteiger partial charge in [0.25, 0.3) is 0 Å². The predicted molar refractivity (Wildman–Crippen MR) is 95.1 cm³/mol. The maximum atomic E-state index is 11.8. The van der Waals surface area contributed by atoms with Gasteiger partial charge in [-0.2, -0.15) is 0 Å². The number of hydrogen-bond donors (Lipinski definition) is 1. The average molecular weight is 338 g/mol. The molecular weight excluding hydrogens is 314 g/mol. The molecule has 1 aliphatic rings. The van der Waals surface area contributed by atoms with Crippen LogP contribution in [0.4, 0.5) is 5.69 Å². The molecule has 0 spiro atoms. The second kappa shape index (κ2) is 8.91. The highest BCUT2D eigenvalue weighted by molar-refractivity contribution is 6.33. The van der Waals surface area contributed by atoms with Crippen molar-refractivity contribution in [3.63, 3.8) is 0 Å². The zero-order chi connectivity index (χ0) is 16.7. The van der Waals surface area contributed by atoms with E-state index < -0.39 is 0 Å². The summed E-state index contributed by atoms with van der Waals surface area (Å²) in [7, 11) is 3.89. The van der Waals surface area contributed by atoms with Crippen LogP contribution in [0.25, 0.3) is 6.08 Å². The lowest BCUT2D eigenvalue weighted by Gasteiger charge is -2.26. The molecule has 0 atom stereocenters. The minimum absolute atomic E-state index is 0.0916. The van der Waals surface area contributed by atoms with Crippen molar-refractivity contribution >= 4 is 29.3 Å². The smallest absolute Gasteiger partial charge is 0.244 e. The standard InChI is InChI=1S/C17H24ClN3O2/c1-20(2)16-5-3-14(13-15(16)18)4-6-17(22)19-7-8-21-9-11-23-12-10-21/h3-6,13H,7-12H2,1-2H3,(H,19,22)/b6-4+. The molecule has 0 radical (unpaired) electrons. The zero-order valence-corrected chi connectivity index (χ0v) is 14.5. The van der Waals surface area contributed by atoms with E-state index >= 15 is 0 Å². The number of nitrogens with zero attached hydrogens (tertiary/aromatic N) is 2. The molecule has 1 N–H and O–H groups in total. The summed E-state index contributed by atoms with van der Waals surface area (Å²) in [5.74, 6) is -0.0916. The Morgan fingerprint density at radius 3 is 2.78 bits per heavy atom. The van der Waals surface area contributed by atoms with Crippen molar-refractivity contribution in [3.05, 3.63) is 34.9 Å². The van der Waals surface area contributed by atoms with Crippen LogP contribution in [-0.2, 0) is 9.53 Å². The van der Waals surface area contributed by atoms with Crippen LogP contribution in [0.5, 0.6) is 0 Å². The first-order valence-electron chi connectivity index (χ1n) is 7.79. The molecule has 5 nitrogen and oxygen atoms in total. The van der Waals surface area contributed by atoms with Crippen molar-refractivity contribution in [2.45, 2.75) is 0 Å². The number of morpholine rings is 1. The normalized spacial score (nSPS) is 15.8. The van der Waals surface area contributed by atoms with Gasteiger partial charge in [0, 0.05) is 46.4 Å². The largest absolute Gasteiger partial charge is 0.379 e. The molecule has 1 aromatic rings. The van der Waals surface area contributed by atoms with E-state index in [4.69, 9.17) is 16.3 Å². The molecule has 1 heterocycles. The van der Waals surface area contributed by atoms with Gasteiger partial charge < -0.3 is 15.0 Å². The van der Waals surface area contributed by atoms with Crippen LogP contribution >= 0.6 is 11.6 Å². The van der Waals surface area contributed by atoms with Crippen molar-refractivity contribution < 1.29 is 9.53 Å². The molecule has 0 aromatic heterocycles. The molecule has 2 rings (SSSR count). The van der Waals surface area contributed by atoms with Crippen molar-refractivity contribution in [3.8, 4) is 0 Å². The Bertz CT molecular complexity index is 555. The van der Waals surface area contributed by atoms with E-state index in [1.165, 1.54) is 0 Å². The summed E-state index contributed by atoms with van der Waals surface area (Å²) >= 11 is 6.22. The number of rotatable bonds is 6. The van der Waals surface area contributed by atoms with Gasteiger partial charge in [-0.25, -0.2) is 0 Å². The highest BCUT2D eigenvalue weighted by atomic mass is 35.5. The lowest BCUT2D eigenvalue weighted by atomic mass is 10.2. The molecule has 0 bridgehead atoms. The highest BCUT2D eigenvalue weighted by Crippen LogP contribution is 2.25. The van der Waals surface area contributed by atoms with Crippen LogP contribution in [-0.4, -0.2) is 64.3 Å². The summed E-state index contributed by atoms with van der Waals surface area (Å²) in [6.07, 6.45) is 3.32. The second-order valence-electron chi connectivity index (χ2n) is 5.68. The quantitative estimate of drug-likeness (QED) is 0.805. The van der Waals surface area contributed by atoms with E-state index in [0.717, 1.165) is 44.1 Å². The van der Waals surface area contributed by atoms with Crippen molar-refractivity contribution in [1.82, 2.24) is 10.2 Å². The summed E-state index contributed by atoms with van der Waals surface area (Å²) in [6, 6.07) is 5.74. The number of carbonyl (C=O) groups is 1. The number of nitrogens with one attached hydrogen (secondary N) is 1. The Kier molecular flexibility index (Phi) is 6.89. The monoisotopic (exact) mass is 337 g/mol. The molecule has 126 valence electrons. The van der Waals surface area contributed by atoms with Gasteiger partial charge >= 0.3 is 0 Å². The minimum atomic E-state index is -0.0916. The molecule has 1 fully saturated rings. The maximum Gasteiger partial charge on any atom is 0.244 e. The van der Waals surface area contributed by atoms with Gasteiger partial charge in [0.1, 0.15) is 0 Å². The van der Waals surface area contributed by atoms with Gasteiger partial charge in [-0.05, 0) is 23.8 Å². The lowest BCUT2D eigenvalue weighted by Crippen LogP contribution is -2.41. The first-order valence-corrected chi connectivity index (χ1v) is 8.17. The number of halogens is 1. The van der Waals surface area contributed by atoms with Gasteiger partial charge in [0.05, 0.1) is 23.9 Å². The molecule has 1 amide bonds. The Labute approximate surface area is 142 Å². The summed E-state index contributed by atoms with van der Waals surface area (Å²) in [6.45, 7) is 4.91. The van der Waals surface area contributed by atoms with Crippen LogP contribution in [0.15, 0.2) is 24.3 Å². The molecule has 6 heteroatoms. The van der Waals surface area contributed by atoms with E-state index in [1.54, 1.807) is 12.2 Å². The maximum absolute atomic E-state index is 11.8. The van der Waals surface area contributed by atoms with E-state index in [0.29, 0.717) is 11.6 Å². The fraction of sp³-hybridized carbons (Fsp3) is 0.471. The summed E-state index contributed by atoms with van der Waals surface area (Å²) in [4.78, 5) is 16.1. The molecule has 1 aromatic carbocycles. The van der Waals surface area contributed by atoms with Gasteiger partial charge in [-0.1, -0.05) is 17.7 Å². The van der Waals surface area contributed by atoms with Crippen molar-refractivity contribution in [2.24, 2.45) is 0 Å². The first-order chi connectivity index (χ1) is 11.1. The third kappa shape index (κ3) is 5.86. The number of carbonyl (C=O) groups excluding carboxylic acids is 1. The van der Waals surface area contributed by atoms with Crippen molar-refractivity contribution in [1.29, 1.82) is 0 Å². The number of ether oxygens (including phenoxy) is 1. The number of hydrogen-bond acceptors (Lipinski definition) is 4.